The van der Waals surface area contributed by atoms with Gasteiger partial charge in [-0.2, -0.15) is 0 Å². The molecule has 3 heterocycles. The number of hydrogen-bond donors (Lipinski definition) is 0. The topological polar surface area (TPSA) is 53.1 Å². The number of amides is 1. The van der Waals surface area contributed by atoms with Crippen molar-refractivity contribution in [1.29, 1.82) is 0 Å². The minimum Gasteiger partial charge on any atom is -0.450 e. The molecular weight excluding hydrogens is 421 g/mol. The van der Waals surface area contributed by atoms with E-state index in [1.165, 1.54) is 0 Å². The SMILES string of the molecule is CCOC(=O)N1CCC(N2CCC3(CC2)CN(C2CCCCC2=O)c2ccc(F)cc23)CC1. The van der Waals surface area contributed by atoms with Gasteiger partial charge in [0, 0.05) is 43.2 Å². The fourth-order valence-electron chi connectivity index (χ4n) is 6.63. The predicted octanol–water partition coefficient (Wildman–Crippen LogP) is 4.11. The summed E-state index contributed by atoms with van der Waals surface area (Å²) in [4.78, 5) is 31.5. The molecule has 7 heteroatoms. The Labute approximate surface area is 196 Å². The molecule has 1 unspecified atom stereocenters. The van der Waals surface area contributed by atoms with Gasteiger partial charge in [-0.3, -0.25) is 4.79 Å². The Morgan fingerprint density at radius 3 is 2.58 bits per heavy atom. The third-order valence-electron chi connectivity index (χ3n) is 8.47. The summed E-state index contributed by atoms with van der Waals surface area (Å²) in [5, 5.41) is 0. The first-order valence-corrected chi connectivity index (χ1v) is 12.8. The molecule has 33 heavy (non-hydrogen) atoms. The zero-order valence-electron chi connectivity index (χ0n) is 19.7. The minimum absolute atomic E-state index is 0.0485. The number of ketones is 1. The fraction of sp³-hybridized carbons (Fsp3) is 0.692. The van der Waals surface area contributed by atoms with E-state index in [4.69, 9.17) is 4.74 Å². The first-order valence-electron chi connectivity index (χ1n) is 12.8. The Kier molecular flexibility index (Phi) is 6.34. The van der Waals surface area contributed by atoms with Crippen LogP contribution in [0.3, 0.4) is 0 Å². The average Bonchev–Trinajstić information content (AvgIpc) is 3.13. The van der Waals surface area contributed by atoms with Crippen LogP contribution in [0.4, 0.5) is 14.9 Å². The summed E-state index contributed by atoms with van der Waals surface area (Å²) in [5.74, 6) is 0.165. The zero-order valence-corrected chi connectivity index (χ0v) is 19.7. The van der Waals surface area contributed by atoms with Crippen molar-refractivity contribution in [3.63, 3.8) is 0 Å². The number of ether oxygens (including phenoxy) is 1. The molecule has 1 saturated carbocycles. The summed E-state index contributed by atoms with van der Waals surface area (Å²) in [6, 6.07) is 5.62. The molecule has 4 aliphatic rings. The molecule has 6 nitrogen and oxygen atoms in total. The Morgan fingerprint density at radius 2 is 1.88 bits per heavy atom. The van der Waals surface area contributed by atoms with E-state index >= 15 is 0 Å². The average molecular weight is 458 g/mol. The molecule has 1 atom stereocenters. The van der Waals surface area contributed by atoms with Crippen LogP contribution >= 0.6 is 0 Å². The van der Waals surface area contributed by atoms with E-state index in [0.29, 0.717) is 24.9 Å². The maximum absolute atomic E-state index is 14.3. The highest BCUT2D eigenvalue weighted by Crippen LogP contribution is 2.49. The molecule has 1 aromatic carbocycles. The first-order chi connectivity index (χ1) is 16.0. The Bertz CT molecular complexity index is 891. The number of benzene rings is 1. The maximum Gasteiger partial charge on any atom is 0.409 e. The predicted molar refractivity (Wildman–Crippen MR) is 125 cm³/mol. The van der Waals surface area contributed by atoms with Gasteiger partial charge >= 0.3 is 6.09 Å². The number of carbonyl (C=O) groups is 2. The van der Waals surface area contributed by atoms with Crippen molar-refractivity contribution >= 4 is 17.6 Å². The van der Waals surface area contributed by atoms with Crippen LogP contribution in [0.5, 0.6) is 0 Å². The number of halogens is 1. The van der Waals surface area contributed by atoms with Gasteiger partial charge in [-0.25, -0.2) is 9.18 Å². The van der Waals surface area contributed by atoms with Gasteiger partial charge in [0.05, 0.1) is 12.6 Å². The van der Waals surface area contributed by atoms with E-state index in [2.05, 4.69) is 9.80 Å². The van der Waals surface area contributed by atoms with Crippen molar-refractivity contribution in [3.8, 4) is 0 Å². The molecule has 3 fully saturated rings. The van der Waals surface area contributed by atoms with Crippen molar-refractivity contribution in [1.82, 2.24) is 9.80 Å². The van der Waals surface area contributed by atoms with Crippen molar-refractivity contribution in [2.24, 2.45) is 0 Å². The van der Waals surface area contributed by atoms with Gasteiger partial charge in [-0.15, -0.1) is 0 Å². The van der Waals surface area contributed by atoms with Crippen LogP contribution < -0.4 is 4.90 Å². The molecule has 0 N–H and O–H groups in total. The monoisotopic (exact) mass is 457 g/mol. The summed E-state index contributed by atoms with van der Waals surface area (Å²) >= 11 is 0. The number of piperidine rings is 2. The Hall–Kier alpha value is -2.15. The lowest BCUT2D eigenvalue weighted by molar-refractivity contribution is -0.121. The summed E-state index contributed by atoms with van der Waals surface area (Å²) in [6.45, 7) is 6.54. The van der Waals surface area contributed by atoms with Gasteiger partial charge in [0.2, 0.25) is 0 Å². The van der Waals surface area contributed by atoms with Gasteiger partial charge in [0.1, 0.15) is 5.82 Å². The smallest absolute Gasteiger partial charge is 0.409 e. The second-order valence-corrected chi connectivity index (χ2v) is 10.3. The molecule has 1 spiro atoms. The summed E-state index contributed by atoms with van der Waals surface area (Å²) < 4.78 is 19.5. The van der Waals surface area contributed by atoms with Crippen molar-refractivity contribution in [2.45, 2.75) is 75.8 Å². The molecule has 0 bridgehead atoms. The van der Waals surface area contributed by atoms with Gasteiger partial charge in [0.25, 0.3) is 0 Å². The molecule has 2 saturated heterocycles. The highest BCUT2D eigenvalue weighted by Gasteiger charge is 2.48. The van der Waals surface area contributed by atoms with E-state index < -0.39 is 0 Å². The lowest BCUT2D eigenvalue weighted by atomic mass is 9.73. The minimum atomic E-state index is -0.199. The van der Waals surface area contributed by atoms with Crippen LogP contribution in [0.15, 0.2) is 18.2 Å². The Balaban J connectivity index is 1.27. The molecule has 180 valence electrons. The van der Waals surface area contributed by atoms with Crippen LogP contribution in [0.2, 0.25) is 0 Å². The zero-order chi connectivity index (χ0) is 23.0. The van der Waals surface area contributed by atoms with Gasteiger partial charge < -0.3 is 19.4 Å². The van der Waals surface area contributed by atoms with E-state index in [0.717, 1.165) is 88.9 Å². The molecule has 0 radical (unpaired) electrons. The largest absolute Gasteiger partial charge is 0.450 e. The lowest BCUT2D eigenvalue weighted by Crippen LogP contribution is -2.53. The fourth-order valence-corrected chi connectivity index (χ4v) is 6.63. The number of hydrogen-bond acceptors (Lipinski definition) is 5. The van der Waals surface area contributed by atoms with Crippen LogP contribution in [-0.2, 0) is 14.9 Å². The highest BCUT2D eigenvalue weighted by atomic mass is 19.1. The third kappa shape index (κ3) is 4.25. The van der Waals surface area contributed by atoms with E-state index in [1.807, 2.05) is 17.9 Å². The maximum atomic E-state index is 14.3. The molecule has 3 aliphatic heterocycles. The number of nitrogens with zero attached hydrogens (tertiary/aromatic N) is 3. The molecule has 1 amide bonds. The number of fused-ring (bicyclic) bond motifs is 2. The van der Waals surface area contributed by atoms with Crippen molar-refractivity contribution in [3.05, 3.63) is 29.6 Å². The van der Waals surface area contributed by atoms with Gasteiger partial charge in [-0.1, -0.05) is 6.42 Å². The molecule has 1 aromatic rings. The van der Waals surface area contributed by atoms with Crippen LogP contribution in [0.25, 0.3) is 0 Å². The molecule has 5 rings (SSSR count). The standard InChI is InChI=1S/C26H36FN3O3/c1-2-33-25(32)29-13-9-20(10-14-29)28-15-11-26(12-16-28)18-30(23-5-3-4-6-24(23)31)22-8-7-19(27)17-21(22)26/h7-8,17,20,23H,2-6,9-16,18H2,1H3. The van der Waals surface area contributed by atoms with Gasteiger partial charge in [0.15, 0.2) is 5.78 Å². The molecular formula is C26H36FN3O3. The van der Waals surface area contributed by atoms with E-state index in [9.17, 15) is 14.0 Å². The first kappa shape index (κ1) is 22.6. The Morgan fingerprint density at radius 1 is 1.12 bits per heavy atom. The molecule has 0 aromatic heterocycles. The summed E-state index contributed by atoms with van der Waals surface area (Å²) in [6.07, 6.45) is 7.39. The number of carbonyl (C=O) groups excluding carboxylic acids is 2. The van der Waals surface area contributed by atoms with Crippen LogP contribution in [0.1, 0.15) is 63.9 Å². The van der Waals surface area contributed by atoms with Crippen LogP contribution in [0, 0.1) is 5.82 Å². The number of anilines is 1. The summed E-state index contributed by atoms with van der Waals surface area (Å²) in [5.41, 5.74) is 2.11. The second kappa shape index (κ2) is 9.24. The van der Waals surface area contributed by atoms with Crippen LogP contribution in [-0.4, -0.2) is 73.1 Å². The van der Waals surface area contributed by atoms with E-state index in [1.54, 1.807) is 12.1 Å². The number of likely N-dealkylation sites (tertiary alicyclic amines) is 2. The van der Waals surface area contributed by atoms with Crippen molar-refractivity contribution in [2.75, 3.05) is 44.2 Å². The number of Topliss-reactive ketones (excluding diaryl/α,β-unsaturated/α-hetero) is 1. The van der Waals surface area contributed by atoms with Gasteiger partial charge in [-0.05, 0) is 82.3 Å². The normalized spacial score (nSPS) is 26.0. The third-order valence-corrected chi connectivity index (χ3v) is 8.47. The number of rotatable bonds is 3. The van der Waals surface area contributed by atoms with Crippen molar-refractivity contribution < 1.29 is 18.7 Å². The summed E-state index contributed by atoms with van der Waals surface area (Å²) in [7, 11) is 0. The molecule has 1 aliphatic carbocycles. The lowest BCUT2D eigenvalue weighted by Gasteiger charge is -2.45. The van der Waals surface area contributed by atoms with E-state index in [-0.39, 0.29) is 23.4 Å². The second-order valence-electron chi connectivity index (χ2n) is 10.3. The highest BCUT2D eigenvalue weighted by molar-refractivity contribution is 5.89. The quantitative estimate of drug-likeness (QED) is 0.684.